The summed E-state index contributed by atoms with van der Waals surface area (Å²) in [5, 5.41) is 2.61. The molecule has 2 aromatic carbocycles. The molecule has 0 bridgehead atoms. The lowest BCUT2D eigenvalue weighted by molar-refractivity contribution is -0.149. The highest BCUT2D eigenvalue weighted by molar-refractivity contribution is 6.33. The maximum atomic E-state index is 12.9. The fourth-order valence-corrected chi connectivity index (χ4v) is 2.40. The van der Waals surface area contributed by atoms with E-state index < -0.39 is 36.3 Å². The molecule has 2 aromatic rings. The monoisotopic (exact) mass is 385 g/mol. The molecule has 1 atom stereocenters. The fourth-order valence-electron chi connectivity index (χ4n) is 2.18. The fraction of sp³-hybridized carbons (Fsp3) is 0.222. The van der Waals surface area contributed by atoms with Gasteiger partial charge in [0.25, 0.3) is 5.91 Å². The molecule has 0 unspecified atom stereocenters. The smallest absolute Gasteiger partial charge is 0.416 e. The largest absolute Gasteiger partial charge is 0.459 e. The number of rotatable bonds is 5. The van der Waals surface area contributed by atoms with Crippen molar-refractivity contribution >= 4 is 23.5 Å². The van der Waals surface area contributed by atoms with Crippen LogP contribution in [0, 0.1) is 0 Å². The zero-order chi connectivity index (χ0) is 19.3. The van der Waals surface area contributed by atoms with Gasteiger partial charge in [0.15, 0.2) is 0 Å². The lowest BCUT2D eigenvalue weighted by atomic mass is 10.1. The number of carbonyl (C=O) groups excluding carboxylic acids is 2. The van der Waals surface area contributed by atoms with Crippen molar-refractivity contribution in [3.05, 3.63) is 70.2 Å². The number of benzene rings is 2. The molecule has 0 aliphatic heterocycles. The van der Waals surface area contributed by atoms with Crippen LogP contribution in [-0.4, -0.2) is 17.9 Å². The first kappa shape index (κ1) is 19.8. The van der Waals surface area contributed by atoms with Crippen LogP contribution in [0.4, 0.5) is 13.2 Å². The van der Waals surface area contributed by atoms with Gasteiger partial charge < -0.3 is 10.1 Å². The predicted octanol–water partition coefficient (Wildman–Crippen LogP) is 4.22. The topological polar surface area (TPSA) is 55.4 Å². The van der Waals surface area contributed by atoms with Crippen LogP contribution in [0.3, 0.4) is 0 Å². The van der Waals surface area contributed by atoms with Gasteiger partial charge in [0.1, 0.15) is 12.6 Å². The van der Waals surface area contributed by atoms with E-state index in [1.807, 2.05) is 0 Å². The normalized spacial score (nSPS) is 12.3. The molecular formula is C18H15ClF3NO3. The van der Waals surface area contributed by atoms with Gasteiger partial charge in [-0.3, -0.25) is 4.79 Å². The molecule has 2 rings (SSSR count). The Kier molecular flexibility index (Phi) is 6.26. The van der Waals surface area contributed by atoms with Gasteiger partial charge in [0, 0.05) is 5.56 Å². The molecule has 1 amide bonds. The van der Waals surface area contributed by atoms with Crippen LogP contribution >= 0.6 is 11.6 Å². The second kappa shape index (κ2) is 8.23. The maximum absolute atomic E-state index is 12.9. The molecule has 1 N–H and O–H groups in total. The van der Waals surface area contributed by atoms with Crippen molar-refractivity contribution in [2.75, 3.05) is 0 Å². The van der Waals surface area contributed by atoms with Crippen LogP contribution in [0.25, 0.3) is 0 Å². The number of halogens is 4. The van der Waals surface area contributed by atoms with Crippen LogP contribution in [-0.2, 0) is 22.3 Å². The summed E-state index contributed by atoms with van der Waals surface area (Å²) in [6, 6.07) is 10.0. The van der Waals surface area contributed by atoms with Gasteiger partial charge in [-0.1, -0.05) is 41.9 Å². The molecule has 0 saturated heterocycles. The quantitative estimate of drug-likeness (QED) is 0.784. The maximum Gasteiger partial charge on any atom is 0.416 e. The Morgan fingerprint density at radius 3 is 2.38 bits per heavy atom. The van der Waals surface area contributed by atoms with Crippen LogP contribution in [0.15, 0.2) is 48.5 Å². The average Bonchev–Trinajstić information content (AvgIpc) is 2.59. The molecule has 8 heteroatoms. The Hall–Kier alpha value is -2.54. The summed E-state index contributed by atoms with van der Waals surface area (Å²) >= 11 is 5.90. The number of nitrogens with one attached hydrogen (secondary N) is 1. The highest BCUT2D eigenvalue weighted by atomic mass is 35.5. The summed E-state index contributed by atoms with van der Waals surface area (Å²) in [4.78, 5) is 24.1. The number of hydrogen-bond acceptors (Lipinski definition) is 3. The molecule has 0 aromatic heterocycles. The van der Waals surface area contributed by atoms with Crippen LogP contribution < -0.4 is 5.32 Å². The van der Waals surface area contributed by atoms with Crippen molar-refractivity contribution in [3.8, 4) is 0 Å². The first-order valence-corrected chi connectivity index (χ1v) is 7.95. The summed E-state index contributed by atoms with van der Waals surface area (Å²) in [7, 11) is 0. The molecule has 0 radical (unpaired) electrons. The Balaban J connectivity index is 1.98. The number of alkyl halides is 3. The Morgan fingerprint density at radius 2 is 1.73 bits per heavy atom. The molecule has 0 aliphatic carbocycles. The average molecular weight is 386 g/mol. The highest BCUT2D eigenvalue weighted by Crippen LogP contribution is 2.32. The predicted molar refractivity (Wildman–Crippen MR) is 89.6 cm³/mol. The molecule has 0 heterocycles. The number of amides is 1. The van der Waals surface area contributed by atoms with Gasteiger partial charge in [0.2, 0.25) is 0 Å². The lowest BCUT2D eigenvalue weighted by Gasteiger charge is -2.16. The first-order chi connectivity index (χ1) is 12.2. The van der Waals surface area contributed by atoms with E-state index in [9.17, 15) is 22.8 Å². The van der Waals surface area contributed by atoms with Gasteiger partial charge >= 0.3 is 12.1 Å². The number of carbonyl (C=O) groups is 2. The van der Waals surface area contributed by atoms with Gasteiger partial charge in [-0.25, -0.2) is 4.79 Å². The molecule has 138 valence electrons. The molecular weight excluding hydrogens is 371 g/mol. The van der Waals surface area contributed by atoms with Crippen LogP contribution in [0.5, 0.6) is 0 Å². The Bertz CT molecular complexity index is 808. The van der Waals surface area contributed by atoms with Gasteiger partial charge in [-0.05, 0) is 25.1 Å². The molecule has 26 heavy (non-hydrogen) atoms. The minimum atomic E-state index is -4.55. The second-order valence-corrected chi connectivity index (χ2v) is 5.84. The molecule has 4 nitrogen and oxygen atoms in total. The summed E-state index contributed by atoms with van der Waals surface area (Å²) in [6.07, 6.45) is -4.55. The van der Waals surface area contributed by atoms with Gasteiger partial charge in [-0.2, -0.15) is 13.2 Å². The highest BCUT2D eigenvalue weighted by Gasteiger charge is 2.33. The third-order valence-electron chi connectivity index (χ3n) is 3.51. The van der Waals surface area contributed by atoms with E-state index in [1.54, 1.807) is 12.1 Å². The van der Waals surface area contributed by atoms with E-state index in [-0.39, 0.29) is 16.1 Å². The van der Waals surface area contributed by atoms with E-state index in [4.69, 9.17) is 16.3 Å². The standard InChI is InChI=1S/C18H15ClF3NO3/c1-11(23-16(24)13-7-3-5-9-15(13)19)17(25)26-10-12-6-2-4-8-14(12)18(20,21)22/h2-9,11H,10H2,1H3,(H,23,24)/t11-/m0/s1. The Labute approximate surface area is 152 Å². The van der Waals surface area contributed by atoms with Crippen molar-refractivity contribution in [3.63, 3.8) is 0 Å². The number of esters is 1. The summed E-state index contributed by atoms with van der Waals surface area (Å²) in [5.41, 5.74) is -0.866. The molecule has 0 aliphatic rings. The SMILES string of the molecule is C[C@H](NC(=O)c1ccccc1Cl)C(=O)OCc1ccccc1C(F)(F)F. The number of hydrogen-bond donors (Lipinski definition) is 1. The lowest BCUT2D eigenvalue weighted by Crippen LogP contribution is -2.39. The first-order valence-electron chi connectivity index (χ1n) is 7.57. The third-order valence-corrected chi connectivity index (χ3v) is 3.84. The summed E-state index contributed by atoms with van der Waals surface area (Å²) in [5.74, 6) is -1.45. The van der Waals surface area contributed by atoms with E-state index in [1.165, 1.54) is 37.3 Å². The summed E-state index contributed by atoms with van der Waals surface area (Å²) < 4.78 is 43.7. The van der Waals surface area contributed by atoms with E-state index >= 15 is 0 Å². The van der Waals surface area contributed by atoms with E-state index in [2.05, 4.69) is 5.32 Å². The van der Waals surface area contributed by atoms with E-state index in [0.717, 1.165) is 6.07 Å². The van der Waals surface area contributed by atoms with Crippen molar-refractivity contribution < 1.29 is 27.5 Å². The van der Waals surface area contributed by atoms with Crippen molar-refractivity contribution in [1.29, 1.82) is 0 Å². The minimum absolute atomic E-state index is 0.169. The minimum Gasteiger partial charge on any atom is -0.459 e. The zero-order valence-electron chi connectivity index (χ0n) is 13.6. The van der Waals surface area contributed by atoms with Crippen molar-refractivity contribution in [2.24, 2.45) is 0 Å². The molecule has 0 fully saturated rings. The third kappa shape index (κ3) is 4.98. The van der Waals surface area contributed by atoms with Gasteiger partial charge in [-0.15, -0.1) is 0 Å². The van der Waals surface area contributed by atoms with Crippen molar-refractivity contribution in [2.45, 2.75) is 25.7 Å². The number of ether oxygens (including phenoxy) is 1. The second-order valence-electron chi connectivity index (χ2n) is 5.44. The van der Waals surface area contributed by atoms with Crippen molar-refractivity contribution in [1.82, 2.24) is 5.32 Å². The van der Waals surface area contributed by atoms with Crippen LogP contribution in [0.2, 0.25) is 5.02 Å². The zero-order valence-corrected chi connectivity index (χ0v) is 14.4. The molecule has 0 spiro atoms. The van der Waals surface area contributed by atoms with Crippen LogP contribution in [0.1, 0.15) is 28.4 Å². The van der Waals surface area contributed by atoms with Gasteiger partial charge in [0.05, 0.1) is 16.1 Å². The van der Waals surface area contributed by atoms with E-state index in [0.29, 0.717) is 0 Å². The molecule has 0 saturated carbocycles. The Morgan fingerprint density at radius 1 is 1.12 bits per heavy atom. The summed E-state index contributed by atoms with van der Waals surface area (Å²) in [6.45, 7) is 0.813.